The molecule has 1 aliphatic rings. The van der Waals surface area contributed by atoms with Crippen LogP contribution < -0.4 is 10.6 Å². The topological polar surface area (TPSA) is 99.4 Å². The molecule has 1 aliphatic carbocycles. The Morgan fingerprint density at radius 2 is 1.86 bits per heavy atom. The second-order valence-electron chi connectivity index (χ2n) is 6.81. The zero-order valence-electron chi connectivity index (χ0n) is 15.4. The quantitative estimate of drug-likeness (QED) is 0.675. The van der Waals surface area contributed by atoms with Gasteiger partial charge in [-0.2, -0.15) is 5.26 Å². The predicted molar refractivity (Wildman–Crippen MR) is 107 cm³/mol. The number of nitriles is 1. The molecule has 7 heteroatoms. The maximum Gasteiger partial charge on any atom is 0.223 e. The number of anilines is 3. The van der Waals surface area contributed by atoms with Crippen LogP contribution in [0.3, 0.4) is 0 Å². The van der Waals surface area contributed by atoms with Crippen molar-refractivity contribution in [3.8, 4) is 6.07 Å². The maximum atomic E-state index is 9.79. The van der Waals surface area contributed by atoms with E-state index < -0.39 is 5.92 Å². The Bertz CT molecular complexity index is 962. The molecule has 3 aromatic heterocycles. The standard InChI is InChI=1S/C21H21N7/c22-13-17(19-10-12-24-21(28-19)26-15-5-1-2-6-15)18-8-3-9-20(27-18)25-16-7-4-11-23-14-16/h3-4,7-12,14-15,17H,1-2,5-6H2,(H,25,27)(H,24,26,28). The zero-order valence-corrected chi connectivity index (χ0v) is 15.4. The van der Waals surface area contributed by atoms with Crippen molar-refractivity contribution in [3.05, 3.63) is 66.4 Å². The summed E-state index contributed by atoms with van der Waals surface area (Å²) in [7, 11) is 0. The Morgan fingerprint density at radius 1 is 1.00 bits per heavy atom. The number of pyridine rings is 2. The van der Waals surface area contributed by atoms with Crippen LogP contribution >= 0.6 is 0 Å². The lowest BCUT2D eigenvalue weighted by molar-refractivity contribution is 0.740. The smallest absolute Gasteiger partial charge is 0.223 e. The number of nitrogens with one attached hydrogen (secondary N) is 2. The first-order valence-electron chi connectivity index (χ1n) is 9.45. The fourth-order valence-corrected chi connectivity index (χ4v) is 3.41. The highest BCUT2D eigenvalue weighted by Gasteiger charge is 2.20. The lowest BCUT2D eigenvalue weighted by Gasteiger charge is -2.14. The van der Waals surface area contributed by atoms with Crippen LogP contribution in [0.25, 0.3) is 0 Å². The van der Waals surface area contributed by atoms with E-state index in [1.165, 1.54) is 12.8 Å². The zero-order chi connectivity index (χ0) is 19.2. The summed E-state index contributed by atoms with van der Waals surface area (Å²) in [5, 5.41) is 16.4. The van der Waals surface area contributed by atoms with E-state index in [2.05, 4.69) is 36.6 Å². The molecule has 1 saturated carbocycles. The van der Waals surface area contributed by atoms with Crippen LogP contribution in [0, 0.1) is 11.3 Å². The van der Waals surface area contributed by atoms with E-state index in [1.807, 2.05) is 30.3 Å². The van der Waals surface area contributed by atoms with Crippen molar-refractivity contribution in [1.29, 1.82) is 5.26 Å². The van der Waals surface area contributed by atoms with Crippen molar-refractivity contribution >= 4 is 17.5 Å². The predicted octanol–water partition coefficient (Wildman–Crippen LogP) is 4.02. The number of aromatic nitrogens is 4. The average molecular weight is 371 g/mol. The largest absolute Gasteiger partial charge is 0.351 e. The van der Waals surface area contributed by atoms with E-state index in [0.29, 0.717) is 29.2 Å². The van der Waals surface area contributed by atoms with Crippen LogP contribution in [0.15, 0.2) is 55.0 Å². The van der Waals surface area contributed by atoms with Gasteiger partial charge in [0.15, 0.2) is 0 Å². The van der Waals surface area contributed by atoms with Crippen LogP contribution in [0.2, 0.25) is 0 Å². The highest BCUT2D eigenvalue weighted by Crippen LogP contribution is 2.25. The van der Waals surface area contributed by atoms with E-state index in [4.69, 9.17) is 0 Å². The molecule has 0 saturated heterocycles. The molecule has 0 aliphatic heterocycles. The fraction of sp³-hybridized carbons (Fsp3) is 0.286. The molecular weight excluding hydrogens is 350 g/mol. The number of nitrogens with zero attached hydrogens (tertiary/aromatic N) is 5. The molecule has 2 N–H and O–H groups in total. The van der Waals surface area contributed by atoms with Crippen LogP contribution in [-0.2, 0) is 0 Å². The summed E-state index contributed by atoms with van der Waals surface area (Å²) in [6.45, 7) is 0. The summed E-state index contributed by atoms with van der Waals surface area (Å²) in [6.07, 6.45) is 9.88. The summed E-state index contributed by atoms with van der Waals surface area (Å²) in [5.74, 6) is 0.668. The van der Waals surface area contributed by atoms with Crippen molar-refractivity contribution < 1.29 is 0 Å². The molecule has 0 radical (unpaired) electrons. The van der Waals surface area contributed by atoms with E-state index in [9.17, 15) is 5.26 Å². The maximum absolute atomic E-state index is 9.79. The van der Waals surface area contributed by atoms with Crippen LogP contribution in [0.1, 0.15) is 43.0 Å². The van der Waals surface area contributed by atoms with Crippen LogP contribution in [0.5, 0.6) is 0 Å². The van der Waals surface area contributed by atoms with Crippen molar-refractivity contribution in [3.63, 3.8) is 0 Å². The average Bonchev–Trinajstić information content (AvgIpc) is 3.23. The van der Waals surface area contributed by atoms with Crippen molar-refractivity contribution in [2.24, 2.45) is 0 Å². The fourth-order valence-electron chi connectivity index (χ4n) is 3.41. The molecule has 4 rings (SSSR count). The third kappa shape index (κ3) is 4.23. The lowest BCUT2D eigenvalue weighted by Crippen LogP contribution is -2.17. The van der Waals surface area contributed by atoms with Gasteiger partial charge in [0.05, 0.1) is 29.3 Å². The SMILES string of the molecule is N#CC(c1cccc(Nc2cccnc2)n1)c1ccnc(NC2CCCC2)n1. The Kier molecular flexibility index (Phi) is 5.38. The Balaban J connectivity index is 1.55. The third-order valence-electron chi connectivity index (χ3n) is 4.79. The summed E-state index contributed by atoms with van der Waals surface area (Å²) in [4.78, 5) is 17.6. The highest BCUT2D eigenvalue weighted by molar-refractivity contribution is 5.55. The van der Waals surface area contributed by atoms with Crippen LogP contribution in [-0.4, -0.2) is 26.0 Å². The monoisotopic (exact) mass is 371 g/mol. The summed E-state index contributed by atoms with van der Waals surface area (Å²) < 4.78 is 0. The van der Waals surface area contributed by atoms with Gasteiger partial charge in [0, 0.05) is 18.4 Å². The van der Waals surface area contributed by atoms with Gasteiger partial charge in [0.25, 0.3) is 0 Å². The molecule has 1 unspecified atom stereocenters. The first-order chi connectivity index (χ1) is 13.8. The minimum absolute atomic E-state index is 0.418. The molecule has 7 nitrogen and oxygen atoms in total. The molecule has 0 amide bonds. The minimum Gasteiger partial charge on any atom is -0.351 e. The van der Waals surface area contributed by atoms with Gasteiger partial charge in [-0.25, -0.2) is 15.0 Å². The Labute approximate surface area is 163 Å². The molecule has 1 atom stereocenters. The minimum atomic E-state index is -0.567. The molecule has 0 aromatic carbocycles. The molecular formula is C21H21N7. The molecule has 28 heavy (non-hydrogen) atoms. The molecule has 0 spiro atoms. The molecule has 0 bridgehead atoms. The second kappa shape index (κ2) is 8.44. The number of hydrogen-bond acceptors (Lipinski definition) is 7. The molecule has 3 aromatic rings. The highest BCUT2D eigenvalue weighted by atomic mass is 15.1. The molecule has 1 fully saturated rings. The van der Waals surface area contributed by atoms with Gasteiger partial charge >= 0.3 is 0 Å². The van der Waals surface area contributed by atoms with Gasteiger partial charge in [-0.15, -0.1) is 0 Å². The van der Waals surface area contributed by atoms with E-state index >= 15 is 0 Å². The summed E-state index contributed by atoms with van der Waals surface area (Å²) in [6, 6.07) is 13.9. The van der Waals surface area contributed by atoms with Gasteiger partial charge in [-0.05, 0) is 43.2 Å². The van der Waals surface area contributed by atoms with E-state index in [-0.39, 0.29) is 0 Å². The van der Waals surface area contributed by atoms with Crippen molar-refractivity contribution in [2.75, 3.05) is 10.6 Å². The second-order valence-corrected chi connectivity index (χ2v) is 6.81. The van der Waals surface area contributed by atoms with Gasteiger partial charge < -0.3 is 10.6 Å². The van der Waals surface area contributed by atoms with Gasteiger partial charge in [-0.3, -0.25) is 4.98 Å². The third-order valence-corrected chi connectivity index (χ3v) is 4.79. The van der Waals surface area contributed by atoms with Crippen molar-refractivity contribution in [1.82, 2.24) is 19.9 Å². The van der Waals surface area contributed by atoms with Crippen LogP contribution in [0.4, 0.5) is 17.5 Å². The van der Waals surface area contributed by atoms with Gasteiger partial charge in [-0.1, -0.05) is 18.9 Å². The molecule has 3 heterocycles. The van der Waals surface area contributed by atoms with Gasteiger partial charge in [0.1, 0.15) is 11.7 Å². The Hall–Kier alpha value is -3.53. The lowest BCUT2D eigenvalue weighted by atomic mass is 10.0. The Morgan fingerprint density at radius 3 is 2.64 bits per heavy atom. The first-order valence-corrected chi connectivity index (χ1v) is 9.45. The summed E-state index contributed by atoms with van der Waals surface area (Å²) in [5.41, 5.74) is 2.12. The van der Waals surface area contributed by atoms with E-state index in [1.54, 1.807) is 24.7 Å². The number of rotatable bonds is 6. The van der Waals surface area contributed by atoms with E-state index in [0.717, 1.165) is 18.5 Å². The summed E-state index contributed by atoms with van der Waals surface area (Å²) >= 11 is 0. The normalized spacial score (nSPS) is 15.0. The number of hydrogen-bond donors (Lipinski definition) is 2. The first kappa shape index (κ1) is 17.9. The van der Waals surface area contributed by atoms with Gasteiger partial charge in [0.2, 0.25) is 5.95 Å². The van der Waals surface area contributed by atoms with Crippen molar-refractivity contribution in [2.45, 2.75) is 37.6 Å². The molecule has 140 valence electrons.